The van der Waals surface area contributed by atoms with Crippen molar-refractivity contribution in [2.24, 2.45) is 0 Å². The summed E-state index contributed by atoms with van der Waals surface area (Å²) in [5.41, 5.74) is 0. The third-order valence-electron chi connectivity index (χ3n) is 1.000. The van der Waals surface area contributed by atoms with E-state index in [1.165, 1.54) is 0 Å². The van der Waals surface area contributed by atoms with Crippen molar-refractivity contribution < 1.29 is 21.1 Å². The average Bonchev–Trinajstić information content (AvgIpc) is 1.93. The van der Waals surface area contributed by atoms with Crippen LogP contribution in [-0.4, -0.2) is 26.2 Å². The molecule has 0 fully saturated rings. The van der Waals surface area contributed by atoms with Gasteiger partial charge in [0.25, 0.3) is 0 Å². The van der Waals surface area contributed by atoms with E-state index in [-0.39, 0.29) is 21.1 Å². The molecule has 0 aromatic rings. The zero-order valence-corrected chi connectivity index (χ0v) is 11.2. The first-order chi connectivity index (χ1) is 4.83. The maximum atomic E-state index is 3.11. The van der Waals surface area contributed by atoms with Gasteiger partial charge < -0.3 is 10.6 Å². The van der Waals surface area contributed by atoms with Crippen molar-refractivity contribution in [1.29, 1.82) is 0 Å². The molecule has 70 valence electrons. The van der Waals surface area contributed by atoms with Crippen LogP contribution in [0.15, 0.2) is 0 Å². The Morgan fingerprint density at radius 1 is 0.636 bits per heavy atom. The predicted molar refractivity (Wildman–Crippen MR) is 48.4 cm³/mol. The van der Waals surface area contributed by atoms with Gasteiger partial charge in [-0.3, -0.25) is 0 Å². The molecule has 0 saturated carbocycles. The Bertz CT molecular complexity index is 33.1. The van der Waals surface area contributed by atoms with Gasteiger partial charge in [0.1, 0.15) is 0 Å². The van der Waals surface area contributed by atoms with Gasteiger partial charge in [0.15, 0.2) is 0 Å². The Morgan fingerprint density at radius 3 is 0.818 bits per heavy atom. The third kappa shape index (κ3) is 37.0. The molecule has 0 heterocycles. The number of hydrogen-bond donors (Lipinski definition) is 2. The first-order valence-corrected chi connectivity index (χ1v) is 4.24. The first kappa shape index (κ1) is 17.6. The van der Waals surface area contributed by atoms with E-state index in [1.807, 2.05) is 0 Å². The molecule has 0 aliphatic rings. The molecule has 0 aliphatic heterocycles. The Kier molecular flexibility index (Phi) is 35.9. The van der Waals surface area contributed by atoms with Crippen LogP contribution in [0.5, 0.6) is 0 Å². The van der Waals surface area contributed by atoms with Crippen LogP contribution >= 0.6 is 0 Å². The molecule has 0 atom stereocenters. The van der Waals surface area contributed by atoms with Crippen LogP contribution in [0.1, 0.15) is 27.7 Å². The monoisotopic (exact) mass is 330 g/mol. The fourth-order valence-electron chi connectivity index (χ4n) is 0.500. The van der Waals surface area contributed by atoms with Crippen molar-refractivity contribution in [1.82, 2.24) is 10.6 Å². The predicted octanol–water partition coefficient (Wildman–Crippen LogP) is 1.23. The molecular weight excluding hydrogens is 308 g/mol. The van der Waals surface area contributed by atoms with Gasteiger partial charge in [0.05, 0.1) is 0 Å². The summed E-state index contributed by atoms with van der Waals surface area (Å²) in [5.74, 6) is 0. The molecule has 0 aliphatic carbocycles. The van der Waals surface area contributed by atoms with E-state index in [0.717, 1.165) is 26.2 Å². The van der Waals surface area contributed by atoms with Gasteiger partial charge in [-0.15, -0.1) is 0 Å². The third-order valence-corrected chi connectivity index (χ3v) is 1.000. The second kappa shape index (κ2) is 22.4. The normalized spacial score (nSPS) is 7.64. The maximum Gasteiger partial charge on any atom is 0 e. The summed E-state index contributed by atoms with van der Waals surface area (Å²) in [7, 11) is 0. The molecule has 2 N–H and O–H groups in total. The molecule has 3 heteroatoms. The molecule has 0 amide bonds. The van der Waals surface area contributed by atoms with E-state index in [4.69, 9.17) is 0 Å². The Morgan fingerprint density at radius 2 is 0.818 bits per heavy atom. The molecule has 0 aromatic carbocycles. The van der Waals surface area contributed by atoms with Crippen LogP contribution in [-0.2, 0) is 21.1 Å². The van der Waals surface area contributed by atoms with Crippen molar-refractivity contribution in [3.05, 3.63) is 0 Å². The molecule has 0 saturated heterocycles. The fourth-order valence-corrected chi connectivity index (χ4v) is 0.500. The fraction of sp³-hybridized carbons (Fsp3) is 1.00. The van der Waals surface area contributed by atoms with Gasteiger partial charge in [-0.25, -0.2) is 0 Å². The minimum absolute atomic E-state index is 0. The molecule has 0 rings (SSSR count). The van der Waals surface area contributed by atoms with Crippen LogP contribution in [0.2, 0.25) is 0 Å². The molecular formula is C8H22N2W. The van der Waals surface area contributed by atoms with E-state index in [1.54, 1.807) is 0 Å². The average molecular weight is 330 g/mol. The topological polar surface area (TPSA) is 24.1 Å². The zero-order valence-electron chi connectivity index (χ0n) is 8.24. The minimum Gasteiger partial charge on any atom is -0.317 e. The quantitative estimate of drug-likeness (QED) is 0.810. The molecule has 0 spiro atoms. The van der Waals surface area contributed by atoms with Crippen LogP contribution in [0, 0.1) is 0 Å². The molecule has 0 aromatic heterocycles. The molecule has 0 radical (unpaired) electrons. The van der Waals surface area contributed by atoms with E-state index in [0.29, 0.717) is 0 Å². The van der Waals surface area contributed by atoms with Crippen molar-refractivity contribution in [3.8, 4) is 0 Å². The van der Waals surface area contributed by atoms with Gasteiger partial charge in [-0.05, 0) is 26.2 Å². The standard InChI is InChI=1S/2C4H11N.W/c2*1-3-5-4-2;/h2*5H,3-4H2,1-2H3;. The van der Waals surface area contributed by atoms with Crippen molar-refractivity contribution in [3.63, 3.8) is 0 Å². The Labute approximate surface area is 85.8 Å². The summed E-state index contributed by atoms with van der Waals surface area (Å²) in [6, 6.07) is 0. The van der Waals surface area contributed by atoms with Gasteiger partial charge in [-0.1, -0.05) is 27.7 Å². The van der Waals surface area contributed by atoms with E-state index in [2.05, 4.69) is 38.3 Å². The van der Waals surface area contributed by atoms with Crippen LogP contribution in [0.4, 0.5) is 0 Å². The summed E-state index contributed by atoms with van der Waals surface area (Å²) >= 11 is 0. The summed E-state index contributed by atoms with van der Waals surface area (Å²) < 4.78 is 0. The number of hydrogen-bond acceptors (Lipinski definition) is 2. The van der Waals surface area contributed by atoms with Gasteiger partial charge >= 0.3 is 0 Å². The molecule has 2 nitrogen and oxygen atoms in total. The first-order valence-electron chi connectivity index (χ1n) is 4.24. The second-order valence-corrected chi connectivity index (χ2v) is 1.91. The van der Waals surface area contributed by atoms with Crippen molar-refractivity contribution >= 4 is 0 Å². The van der Waals surface area contributed by atoms with Crippen LogP contribution in [0.3, 0.4) is 0 Å². The van der Waals surface area contributed by atoms with E-state index >= 15 is 0 Å². The summed E-state index contributed by atoms with van der Waals surface area (Å²) in [4.78, 5) is 0. The summed E-state index contributed by atoms with van der Waals surface area (Å²) in [6.07, 6.45) is 0. The Balaban J connectivity index is -0.000000107. The van der Waals surface area contributed by atoms with Gasteiger partial charge in [-0.2, -0.15) is 0 Å². The van der Waals surface area contributed by atoms with E-state index < -0.39 is 0 Å². The second-order valence-electron chi connectivity index (χ2n) is 1.91. The van der Waals surface area contributed by atoms with Gasteiger partial charge in [0, 0.05) is 21.1 Å². The van der Waals surface area contributed by atoms with Crippen LogP contribution in [0.25, 0.3) is 0 Å². The van der Waals surface area contributed by atoms with Crippen molar-refractivity contribution in [2.75, 3.05) is 26.2 Å². The minimum atomic E-state index is 0. The maximum absolute atomic E-state index is 3.11. The number of rotatable bonds is 4. The molecule has 11 heavy (non-hydrogen) atoms. The SMILES string of the molecule is CCNCC.CCNCC.[W]. The largest absolute Gasteiger partial charge is 0.317 e. The molecule has 0 unspecified atom stereocenters. The van der Waals surface area contributed by atoms with Crippen LogP contribution < -0.4 is 10.6 Å². The molecule has 0 bridgehead atoms. The van der Waals surface area contributed by atoms with Crippen molar-refractivity contribution in [2.45, 2.75) is 27.7 Å². The smallest absolute Gasteiger partial charge is 0 e. The summed E-state index contributed by atoms with van der Waals surface area (Å²) in [6.45, 7) is 12.8. The number of nitrogens with one attached hydrogen (secondary N) is 2. The van der Waals surface area contributed by atoms with Gasteiger partial charge in [0.2, 0.25) is 0 Å². The summed E-state index contributed by atoms with van der Waals surface area (Å²) in [5, 5.41) is 6.22. The van der Waals surface area contributed by atoms with E-state index in [9.17, 15) is 0 Å². The Hall–Kier alpha value is 0.608. The zero-order chi connectivity index (χ0) is 8.24.